The zero-order chi connectivity index (χ0) is 13.1. The lowest BCUT2D eigenvalue weighted by Crippen LogP contribution is -2.23. The Labute approximate surface area is 101 Å². The lowest BCUT2D eigenvalue weighted by molar-refractivity contribution is 0.0660. The van der Waals surface area contributed by atoms with Crippen molar-refractivity contribution in [2.24, 2.45) is 0 Å². The third kappa shape index (κ3) is 2.40. The van der Waals surface area contributed by atoms with Gasteiger partial charge in [-0.05, 0) is 19.1 Å². The lowest BCUT2D eigenvalue weighted by Gasteiger charge is -2.00. The summed E-state index contributed by atoms with van der Waals surface area (Å²) in [4.78, 5) is 26.0. The molecule has 7 heteroatoms. The number of rotatable bonds is 4. The van der Waals surface area contributed by atoms with Crippen molar-refractivity contribution in [1.82, 2.24) is 10.3 Å². The highest BCUT2D eigenvalue weighted by Crippen LogP contribution is 2.08. The van der Waals surface area contributed by atoms with Gasteiger partial charge in [0, 0.05) is 0 Å². The SMILES string of the molecule is Cc1ocnc1C(=O)NCc1ccc(C(=O)O)o1. The number of amides is 1. The molecular formula is C11H10N2O5. The number of oxazole rings is 1. The van der Waals surface area contributed by atoms with Crippen molar-refractivity contribution in [2.75, 3.05) is 0 Å². The highest BCUT2D eigenvalue weighted by Gasteiger charge is 2.14. The average Bonchev–Trinajstić information content (AvgIpc) is 2.94. The molecule has 0 saturated heterocycles. The van der Waals surface area contributed by atoms with Crippen LogP contribution in [0, 0.1) is 6.92 Å². The third-order valence-corrected chi connectivity index (χ3v) is 2.26. The van der Waals surface area contributed by atoms with Gasteiger partial charge in [-0.15, -0.1) is 0 Å². The molecule has 2 N–H and O–H groups in total. The summed E-state index contributed by atoms with van der Waals surface area (Å²) in [6.07, 6.45) is 1.18. The molecular weight excluding hydrogens is 240 g/mol. The molecule has 2 heterocycles. The molecule has 94 valence electrons. The first kappa shape index (κ1) is 11.9. The minimum Gasteiger partial charge on any atom is -0.475 e. The van der Waals surface area contributed by atoms with E-state index in [2.05, 4.69) is 10.3 Å². The number of nitrogens with zero attached hydrogens (tertiary/aromatic N) is 1. The predicted octanol–water partition coefficient (Wildman–Crippen LogP) is 1.20. The second kappa shape index (κ2) is 4.74. The van der Waals surface area contributed by atoms with Crippen molar-refractivity contribution < 1.29 is 23.5 Å². The number of aromatic nitrogens is 1. The summed E-state index contributed by atoms with van der Waals surface area (Å²) < 4.78 is 9.89. The van der Waals surface area contributed by atoms with Crippen LogP contribution in [0.2, 0.25) is 0 Å². The molecule has 0 aliphatic carbocycles. The van der Waals surface area contributed by atoms with Crippen LogP contribution in [0.5, 0.6) is 0 Å². The number of carboxylic acid groups (broad SMARTS) is 1. The number of hydrogen-bond acceptors (Lipinski definition) is 5. The van der Waals surface area contributed by atoms with Gasteiger partial charge in [-0.25, -0.2) is 9.78 Å². The van der Waals surface area contributed by atoms with Crippen LogP contribution in [0.4, 0.5) is 0 Å². The topological polar surface area (TPSA) is 106 Å². The standard InChI is InChI=1S/C11H10N2O5/c1-6-9(13-5-17-6)10(14)12-4-7-2-3-8(18-7)11(15)16/h2-3,5H,4H2,1H3,(H,12,14)(H,15,16). The van der Waals surface area contributed by atoms with Gasteiger partial charge in [0.15, 0.2) is 12.1 Å². The molecule has 2 aromatic heterocycles. The Balaban J connectivity index is 1.97. The number of carbonyl (C=O) groups excluding carboxylic acids is 1. The van der Waals surface area contributed by atoms with Crippen molar-refractivity contribution in [3.63, 3.8) is 0 Å². The first-order chi connectivity index (χ1) is 8.58. The van der Waals surface area contributed by atoms with Crippen molar-refractivity contribution in [3.05, 3.63) is 41.5 Å². The zero-order valence-electron chi connectivity index (χ0n) is 9.47. The Kier molecular flexibility index (Phi) is 3.13. The molecule has 0 fully saturated rings. The van der Waals surface area contributed by atoms with E-state index < -0.39 is 11.9 Å². The van der Waals surface area contributed by atoms with Gasteiger partial charge < -0.3 is 19.3 Å². The number of nitrogens with one attached hydrogen (secondary N) is 1. The third-order valence-electron chi connectivity index (χ3n) is 2.26. The van der Waals surface area contributed by atoms with Gasteiger partial charge >= 0.3 is 5.97 Å². The summed E-state index contributed by atoms with van der Waals surface area (Å²) in [5, 5.41) is 11.2. The van der Waals surface area contributed by atoms with E-state index in [1.807, 2.05) is 0 Å². The Morgan fingerprint density at radius 1 is 1.44 bits per heavy atom. The molecule has 0 atom stereocenters. The number of carbonyl (C=O) groups is 2. The van der Waals surface area contributed by atoms with E-state index in [0.717, 1.165) is 0 Å². The molecule has 0 saturated carbocycles. The summed E-state index contributed by atoms with van der Waals surface area (Å²) in [5.41, 5.74) is 0.194. The number of furan rings is 1. The fourth-order valence-electron chi connectivity index (χ4n) is 1.36. The maximum absolute atomic E-state index is 11.6. The average molecular weight is 250 g/mol. The molecule has 0 aliphatic heterocycles. The second-order valence-electron chi connectivity index (χ2n) is 3.51. The minimum atomic E-state index is -1.15. The summed E-state index contributed by atoms with van der Waals surface area (Å²) in [6.45, 7) is 1.70. The number of carboxylic acids is 1. The van der Waals surface area contributed by atoms with Gasteiger partial charge in [0.25, 0.3) is 5.91 Å². The van der Waals surface area contributed by atoms with E-state index in [1.165, 1.54) is 18.5 Å². The Bertz CT molecular complexity index is 584. The van der Waals surface area contributed by atoms with Crippen molar-refractivity contribution in [3.8, 4) is 0 Å². The van der Waals surface area contributed by atoms with E-state index in [1.54, 1.807) is 6.92 Å². The molecule has 1 amide bonds. The zero-order valence-corrected chi connectivity index (χ0v) is 9.47. The van der Waals surface area contributed by atoms with Crippen LogP contribution in [-0.2, 0) is 6.54 Å². The summed E-state index contributed by atoms with van der Waals surface area (Å²) >= 11 is 0. The Hall–Kier alpha value is -2.57. The fraction of sp³-hybridized carbons (Fsp3) is 0.182. The molecule has 0 radical (unpaired) electrons. The Morgan fingerprint density at radius 2 is 2.22 bits per heavy atom. The quantitative estimate of drug-likeness (QED) is 0.844. The smallest absolute Gasteiger partial charge is 0.371 e. The van der Waals surface area contributed by atoms with Crippen molar-refractivity contribution in [1.29, 1.82) is 0 Å². The number of aryl methyl sites for hydroxylation is 1. The molecule has 2 rings (SSSR count). The van der Waals surface area contributed by atoms with Gasteiger partial charge in [-0.1, -0.05) is 0 Å². The maximum Gasteiger partial charge on any atom is 0.371 e. The van der Waals surface area contributed by atoms with E-state index in [9.17, 15) is 9.59 Å². The molecule has 0 bridgehead atoms. The molecule has 0 spiro atoms. The van der Waals surface area contributed by atoms with Gasteiger partial charge in [-0.2, -0.15) is 0 Å². The van der Waals surface area contributed by atoms with E-state index in [4.69, 9.17) is 13.9 Å². The number of hydrogen-bond donors (Lipinski definition) is 2. The van der Waals surface area contributed by atoms with Gasteiger partial charge in [0.2, 0.25) is 5.76 Å². The largest absolute Gasteiger partial charge is 0.475 e. The van der Waals surface area contributed by atoms with Crippen LogP contribution in [0.1, 0.15) is 32.6 Å². The van der Waals surface area contributed by atoms with Gasteiger partial charge in [0.05, 0.1) is 6.54 Å². The molecule has 2 aromatic rings. The van der Waals surface area contributed by atoms with Gasteiger partial charge in [0.1, 0.15) is 11.5 Å². The normalized spacial score (nSPS) is 10.3. The lowest BCUT2D eigenvalue weighted by atomic mass is 10.3. The summed E-state index contributed by atoms with van der Waals surface area (Å²) in [6, 6.07) is 2.81. The number of aromatic carboxylic acids is 1. The van der Waals surface area contributed by atoms with E-state index in [0.29, 0.717) is 11.5 Å². The first-order valence-corrected chi connectivity index (χ1v) is 5.08. The van der Waals surface area contributed by atoms with Crippen LogP contribution < -0.4 is 5.32 Å². The van der Waals surface area contributed by atoms with Crippen LogP contribution in [0.25, 0.3) is 0 Å². The van der Waals surface area contributed by atoms with Gasteiger partial charge in [-0.3, -0.25) is 4.79 Å². The molecule has 0 aromatic carbocycles. The van der Waals surface area contributed by atoms with Crippen molar-refractivity contribution in [2.45, 2.75) is 13.5 Å². The monoisotopic (exact) mass is 250 g/mol. The predicted molar refractivity (Wildman–Crippen MR) is 58.1 cm³/mol. The fourth-order valence-corrected chi connectivity index (χ4v) is 1.36. The summed E-state index contributed by atoms with van der Waals surface area (Å²) in [5.74, 6) is -0.966. The Morgan fingerprint density at radius 3 is 2.78 bits per heavy atom. The van der Waals surface area contributed by atoms with Crippen LogP contribution in [0.3, 0.4) is 0 Å². The second-order valence-corrected chi connectivity index (χ2v) is 3.51. The van der Waals surface area contributed by atoms with E-state index >= 15 is 0 Å². The highest BCUT2D eigenvalue weighted by molar-refractivity contribution is 5.93. The maximum atomic E-state index is 11.6. The minimum absolute atomic E-state index is 0.0818. The van der Waals surface area contributed by atoms with Crippen LogP contribution >= 0.6 is 0 Å². The highest BCUT2D eigenvalue weighted by atomic mass is 16.4. The molecule has 0 aliphatic rings. The first-order valence-electron chi connectivity index (χ1n) is 5.08. The van der Waals surface area contributed by atoms with Crippen LogP contribution in [0.15, 0.2) is 27.4 Å². The van der Waals surface area contributed by atoms with E-state index in [-0.39, 0.29) is 18.0 Å². The van der Waals surface area contributed by atoms with Crippen molar-refractivity contribution >= 4 is 11.9 Å². The molecule has 0 unspecified atom stereocenters. The summed E-state index contributed by atoms with van der Waals surface area (Å²) in [7, 11) is 0. The molecule has 18 heavy (non-hydrogen) atoms. The van der Waals surface area contributed by atoms with Crippen LogP contribution in [-0.4, -0.2) is 22.0 Å². The molecule has 7 nitrogen and oxygen atoms in total.